The summed E-state index contributed by atoms with van der Waals surface area (Å²) in [5, 5.41) is 27.8. The third-order valence-electron chi connectivity index (χ3n) is 7.81. The number of hydrogen-bond donors (Lipinski definition) is 2. The van der Waals surface area contributed by atoms with E-state index in [2.05, 4.69) is 32.0 Å². The first kappa shape index (κ1) is 26.4. The number of likely N-dealkylation sites (tertiary alicyclic amines) is 1. The molecule has 5 rings (SSSR count). The van der Waals surface area contributed by atoms with Crippen molar-refractivity contribution in [3.05, 3.63) is 75.9 Å². The van der Waals surface area contributed by atoms with Crippen LogP contribution in [0.1, 0.15) is 57.7 Å². The number of aromatic amines is 1. The van der Waals surface area contributed by atoms with Crippen molar-refractivity contribution in [2.45, 2.75) is 43.6 Å². The molecule has 0 radical (unpaired) electrons. The number of amides is 2. The number of halogens is 1. The van der Waals surface area contributed by atoms with Crippen LogP contribution in [-0.2, 0) is 23.1 Å². The summed E-state index contributed by atoms with van der Waals surface area (Å²) in [5.74, 6) is -0.106. The lowest BCUT2D eigenvalue weighted by Gasteiger charge is -2.34. The van der Waals surface area contributed by atoms with Crippen molar-refractivity contribution in [3.63, 3.8) is 0 Å². The second-order valence-corrected chi connectivity index (χ2v) is 10.3. The number of nitrogens with zero attached hydrogens (tertiary/aromatic N) is 6. The van der Waals surface area contributed by atoms with E-state index in [1.54, 1.807) is 37.2 Å². The predicted molar refractivity (Wildman–Crippen MR) is 140 cm³/mol. The Labute approximate surface area is 226 Å². The maximum atomic E-state index is 14.4. The van der Waals surface area contributed by atoms with Gasteiger partial charge < -0.3 is 15.1 Å². The fourth-order valence-corrected chi connectivity index (χ4v) is 5.94. The van der Waals surface area contributed by atoms with Gasteiger partial charge in [-0.05, 0) is 85.2 Å². The minimum absolute atomic E-state index is 0.0971. The van der Waals surface area contributed by atoms with E-state index in [4.69, 9.17) is 0 Å². The van der Waals surface area contributed by atoms with E-state index in [9.17, 15) is 19.2 Å². The Morgan fingerprint density at radius 1 is 1.21 bits per heavy atom. The van der Waals surface area contributed by atoms with Crippen molar-refractivity contribution in [2.75, 3.05) is 33.7 Å². The first-order valence-corrected chi connectivity index (χ1v) is 13.1. The summed E-state index contributed by atoms with van der Waals surface area (Å²) in [6.07, 6.45) is 3.17. The van der Waals surface area contributed by atoms with Crippen LogP contribution in [0.2, 0.25) is 0 Å². The summed E-state index contributed by atoms with van der Waals surface area (Å²) in [6, 6.07) is 12.2. The average Bonchev–Trinajstić information content (AvgIpc) is 3.63. The van der Waals surface area contributed by atoms with Gasteiger partial charge in [-0.3, -0.25) is 9.59 Å². The molecule has 2 N–H and O–H groups in total. The Morgan fingerprint density at radius 2 is 1.95 bits per heavy atom. The van der Waals surface area contributed by atoms with E-state index in [-0.39, 0.29) is 30.2 Å². The van der Waals surface area contributed by atoms with Gasteiger partial charge >= 0.3 is 0 Å². The lowest BCUT2D eigenvalue weighted by molar-refractivity contribution is -0.130. The number of fused-ring (bicyclic) bond motifs is 2. The molecule has 2 aliphatic rings. The van der Waals surface area contributed by atoms with Gasteiger partial charge in [-0.2, -0.15) is 10.5 Å². The van der Waals surface area contributed by atoms with Crippen molar-refractivity contribution in [2.24, 2.45) is 0 Å². The number of aromatic nitrogens is 4. The number of H-pyrrole nitrogens is 1. The van der Waals surface area contributed by atoms with Crippen LogP contribution >= 0.6 is 0 Å². The summed E-state index contributed by atoms with van der Waals surface area (Å²) in [4.78, 5) is 28.7. The molecular weight excluding hydrogens is 499 g/mol. The molecule has 10 nitrogen and oxygen atoms in total. The Morgan fingerprint density at radius 3 is 2.64 bits per heavy atom. The zero-order valence-electron chi connectivity index (χ0n) is 22.1. The summed E-state index contributed by atoms with van der Waals surface area (Å²) < 4.78 is 14.4. The number of carbonyl (C=O) groups excluding carboxylic acids is 2. The average molecular weight is 531 g/mol. The Hall–Kier alpha value is -4.17. The van der Waals surface area contributed by atoms with Crippen molar-refractivity contribution >= 4 is 11.8 Å². The number of hydrogen-bond acceptors (Lipinski definition) is 7. The van der Waals surface area contributed by atoms with E-state index in [1.165, 1.54) is 11.0 Å². The molecule has 0 saturated carbocycles. The Bertz CT molecular complexity index is 1420. The molecule has 1 saturated heterocycles. The van der Waals surface area contributed by atoms with Gasteiger partial charge in [0.25, 0.3) is 5.91 Å². The van der Waals surface area contributed by atoms with Crippen LogP contribution in [0.25, 0.3) is 0 Å². The third-order valence-corrected chi connectivity index (χ3v) is 7.81. The van der Waals surface area contributed by atoms with Crippen LogP contribution in [0.5, 0.6) is 0 Å². The molecule has 11 heteroatoms. The molecular formula is C28H31FN8O2. The van der Waals surface area contributed by atoms with Gasteiger partial charge in [0.1, 0.15) is 11.9 Å². The molecule has 2 atom stereocenters. The normalized spacial score (nSPS) is 20.1. The zero-order chi connectivity index (χ0) is 27.6. The van der Waals surface area contributed by atoms with Crippen LogP contribution in [0.3, 0.4) is 0 Å². The Balaban J connectivity index is 1.53. The summed E-state index contributed by atoms with van der Waals surface area (Å²) >= 11 is 0. The van der Waals surface area contributed by atoms with Gasteiger partial charge in [-0.25, -0.2) is 4.39 Å². The fraction of sp³-hybridized carbons (Fsp3) is 0.429. The minimum Gasteiger partial charge on any atom is -0.345 e. The van der Waals surface area contributed by atoms with E-state index < -0.39 is 5.41 Å². The van der Waals surface area contributed by atoms with E-state index in [0.29, 0.717) is 50.2 Å². The van der Waals surface area contributed by atoms with Crippen molar-refractivity contribution in [3.8, 4) is 6.07 Å². The smallest absolute Gasteiger partial charge is 0.253 e. The highest BCUT2D eigenvalue weighted by Crippen LogP contribution is 2.46. The van der Waals surface area contributed by atoms with Gasteiger partial charge in [-0.1, -0.05) is 17.3 Å². The van der Waals surface area contributed by atoms with Gasteiger partial charge in [0.2, 0.25) is 5.91 Å². The van der Waals surface area contributed by atoms with Gasteiger partial charge in [0, 0.05) is 26.2 Å². The van der Waals surface area contributed by atoms with Gasteiger partial charge in [-0.15, -0.1) is 10.2 Å². The first-order chi connectivity index (χ1) is 18.8. The highest BCUT2D eigenvalue weighted by Gasteiger charge is 2.44. The van der Waals surface area contributed by atoms with Crippen LogP contribution in [0.4, 0.5) is 4.39 Å². The second-order valence-electron chi connectivity index (χ2n) is 10.3. The quantitative estimate of drug-likeness (QED) is 0.447. The molecule has 0 spiro atoms. The molecule has 2 heterocycles. The highest BCUT2D eigenvalue weighted by molar-refractivity contribution is 5.94. The molecule has 1 fully saturated rings. The molecule has 202 valence electrons. The van der Waals surface area contributed by atoms with E-state index in [0.717, 1.165) is 28.7 Å². The molecule has 2 aromatic carbocycles. The van der Waals surface area contributed by atoms with Gasteiger partial charge in [0.15, 0.2) is 5.82 Å². The SMILES string of the molecule is CN(C)C(=O)c1ccc2c(c1)CCc1cc(F)ccc1C2(CCNCC(=O)N1CCC[C@H]1C#N)c1nn[nH]n1. The summed E-state index contributed by atoms with van der Waals surface area (Å²) in [6.45, 7) is 1.10. The Kier molecular flexibility index (Phi) is 7.39. The van der Waals surface area contributed by atoms with Crippen LogP contribution in [0.15, 0.2) is 36.4 Å². The molecule has 39 heavy (non-hydrogen) atoms. The largest absolute Gasteiger partial charge is 0.345 e. The van der Waals surface area contributed by atoms with E-state index >= 15 is 0 Å². The molecule has 0 bridgehead atoms. The molecule has 3 aromatic rings. The number of rotatable bonds is 7. The van der Waals surface area contributed by atoms with E-state index in [1.807, 2.05) is 12.1 Å². The molecule has 1 aromatic heterocycles. The number of aryl methyl sites for hydroxylation is 2. The molecule has 1 aliphatic carbocycles. The predicted octanol–water partition coefficient (Wildman–Crippen LogP) is 1.97. The molecule has 1 unspecified atom stereocenters. The highest BCUT2D eigenvalue weighted by atomic mass is 19.1. The second kappa shape index (κ2) is 10.9. The van der Waals surface area contributed by atoms with Crippen molar-refractivity contribution in [1.29, 1.82) is 5.26 Å². The monoisotopic (exact) mass is 530 g/mol. The van der Waals surface area contributed by atoms with Crippen LogP contribution in [-0.4, -0.2) is 82.0 Å². The fourth-order valence-electron chi connectivity index (χ4n) is 5.94. The summed E-state index contributed by atoms with van der Waals surface area (Å²) in [5.41, 5.74) is 3.24. The maximum Gasteiger partial charge on any atom is 0.253 e. The third kappa shape index (κ3) is 4.88. The molecule has 1 aliphatic heterocycles. The minimum atomic E-state index is -0.902. The lowest BCUT2D eigenvalue weighted by Crippen LogP contribution is -2.42. The first-order valence-electron chi connectivity index (χ1n) is 13.1. The van der Waals surface area contributed by atoms with Crippen LogP contribution < -0.4 is 5.32 Å². The maximum absolute atomic E-state index is 14.4. The zero-order valence-corrected chi connectivity index (χ0v) is 22.1. The standard InChI is InChI=1S/C28H31FN8O2/c1-36(2)26(39)20-7-9-23-18(14-20)5-6-19-15-21(29)8-10-24(19)28(23,27-32-34-35-33-27)11-12-31-17-25(38)37-13-3-4-22(37)16-30/h7-10,14-15,22,31H,3-6,11-13,17H2,1-2H3,(H,32,33,34,35)/t22-,28?/m0/s1. The number of benzene rings is 2. The lowest BCUT2D eigenvalue weighted by atomic mass is 9.69. The number of carbonyl (C=O) groups is 2. The summed E-state index contributed by atoms with van der Waals surface area (Å²) in [7, 11) is 3.42. The topological polar surface area (TPSA) is 131 Å². The number of nitriles is 1. The molecule has 2 amide bonds. The number of nitrogens with one attached hydrogen (secondary N) is 2. The van der Waals surface area contributed by atoms with Gasteiger partial charge in [0.05, 0.1) is 18.0 Å². The van der Waals surface area contributed by atoms with Crippen LogP contribution in [0, 0.1) is 17.1 Å². The van der Waals surface area contributed by atoms with Crippen molar-refractivity contribution in [1.82, 2.24) is 35.7 Å². The number of tetrazole rings is 1. The van der Waals surface area contributed by atoms with Crippen molar-refractivity contribution < 1.29 is 14.0 Å².